The highest BCUT2D eigenvalue weighted by Crippen LogP contribution is 2.34. The smallest absolute Gasteiger partial charge is 0.251 e. The number of aliphatic hydroxyl groups is 2. The van der Waals surface area contributed by atoms with Gasteiger partial charge in [-0.25, -0.2) is 19.3 Å². The van der Waals surface area contributed by atoms with Crippen LogP contribution in [0.1, 0.15) is 17.4 Å². The minimum absolute atomic E-state index is 0.111. The van der Waals surface area contributed by atoms with Gasteiger partial charge in [0.05, 0.1) is 11.3 Å². The number of aliphatic hydroxyl groups excluding tert-OH is 2. The van der Waals surface area contributed by atoms with E-state index in [1.165, 1.54) is 36.4 Å². The second kappa shape index (κ2) is 9.98. The number of aromatic nitrogens is 5. The van der Waals surface area contributed by atoms with Gasteiger partial charge in [-0.05, 0) is 19.1 Å². The van der Waals surface area contributed by atoms with Gasteiger partial charge in [-0.2, -0.15) is 0 Å². The van der Waals surface area contributed by atoms with Crippen molar-refractivity contribution in [3.8, 4) is 11.4 Å². The van der Waals surface area contributed by atoms with Crippen molar-refractivity contribution in [1.29, 1.82) is 0 Å². The Kier molecular flexibility index (Phi) is 6.73. The van der Waals surface area contributed by atoms with Gasteiger partial charge in [0.2, 0.25) is 0 Å². The van der Waals surface area contributed by atoms with Crippen molar-refractivity contribution in [3.05, 3.63) is 65.0 Å². The number of rotatable bonds is 6. The first kappa shape index (κ1) is 25.0. The Hall–Kier alpha value is -3.71. The first-order valence-corrected chi connectivity index (χ1v) is 11.7. The number of benzene rings is 1. The Morgan fingerprint density at radius 3 is 2.78 bits per heavy atom. The number of nitrogens with zero attached hydrogens (tertiary/aromatic N) is 5. The highest BCUT2D eigenvalue weighted by atomic mass is 35.5. The quantitative estimate of drug-likeness (QED) is 0.295. The predicted molar refractivity (Wildman–Crippen MR) is 132 cm³/mol. The van der Waals surface area contributed by atoms with Gasteiger partial charge in [0.25, 0.3) is 5.91 Å². The maximum atomic E-state index is 14.4. The lowest BCUT2D eigenvalue weighted by molar-refractivity contribution is -0.137. The Bertz CT molecular complexity index is 1480. The second-order valence-electron chi connectivity index (χ2n) is 8.60. The van der Waals surface area contributed by atoms with Gasteiger partial charge in [0.1, 0.15) is 18.0 Å². The molecule has 0 spiro atoms. The van der Waals surface area contributed by atoms with Crippen LogP contribution >= 0.6 is 11.6 Å². The topological polar surface area (TPSA) is 147 Å². The van der Waals surface area contributed by atoms with Crippen LogP contribution in [0.2, 0.25) is 5.02 Å². The summed E-state index contributed by atoms with van der Waals surface area (Å²) in [6, 6.07) is 6.44. The lowest BCUT2D eigenvalue weighted by Crippen LogP contribution is -2.41. The van der Waals surface area contributed by atoms with E-state index in [-0.39, 0.29) is 29.7 Å². The highest BCUT2D eigenvalue weighted by molar-refractivity contribution is 6.30. The first-order valence-electron chi connectivity index (χ1n) is 11.3. The van der Waals surface area contributed by atoms with Crippen LogP contribution < -0.4 is 10.6 Å². The second-order valence-corrected chi connectivity index (χ2v) is 9.04. The summed E-state index contributed by atoms with van der Waals surface area (Å²) in [5.74, 6) is -0.436. The summed E-state index contributed by atoms with van der Waals surface area (Å²) < 4.78 is 21.5. The standard InChI is InChI=1S/C24H23ClFN7O4/c1-11-3-4-15(26)12(5-11)8-29-21-16-22(32-20(31-21)13-6-14(25)9-28-7-13)33(10-30-16)24-18(35)17(34)19(37-24)23(36)27-2/h3-7,9-10,17-19,24,34-35H,8H2,1-2H3,(H,27,36)(H,29,31,32)/t17-,18+,19-,24+/m0/s1. The molecule has 1 aliphatic rings. The Morgan fingerprint density at radius 2 is 2.03 bits per heavy atom. The number of fused-ring (bicyclic) bond motifs is 1. The number of amides is 1. The van der Waals surface area contributed by atoms with Crippen molar-refractivity contribution in [2.75, 3.05) is 12.4 Å². The molecule has 11 nitrogen and oxygen atoms in total. The van der Waals surface area contributed by atoms with Crippen molar-refractivity contribution in [2.45, 2.75) is 38.0 Å². The monoisotopic (exact) mass is 527 g/mol. The number of hydrogen-bond acceptors (Lipinski definition) is 9. The van der Waals surface area contributed by atoms with E-state index in [4.69, 9.17) is 16.3 Å². The van der Waals surface area contributed by atoms with Crippen LogP contribution in [0.5, 0.6) is 0 Å². The van der Waals surface area contributed by atoms with Gasteiger partial charge in [0.15, 0.2) is 35.1 Å². The molecule has 5 rings (SSSR count). The molecule has 1 aliphatic heterocycles. The molecule has 0 aliphatic carbocycles. The van der Waals surface area contributed by atoms with E-state index in [0.717, 1.165) is 5.56 Å². The van der Waals surface area contributed by atoms with Gasteiger partial charge >= 0.3 is 0 Å². The summed E-state index contributed by atoms with van der Waals surface area (Å²) >= 11 is 6.12. The van der Waals surface area contributed by atoms with E-state index in [1.54, 1.807) is 18.2 Å². The summed E-state index contributed by atoms with van der Waals surface area (Å²) in [6.45, 7) is 1.98. The molecule has 1 amide bonds. The average Bonchev–Trinajstić information content (AvgIpc) is 3.44. The van der Waals surface area contributed by atoms with Crippen LogP contribution in [0, 0.1) is 12.7 Å². The molecule has 0 radical (unpaired) electrons. The summed E-state index contributed by atoms with van der Waals surface area (Å²) in [6.07, 6.45) is -0.996. The number of aryl methyl sites for hydroxylation is 1. The van der Waals surface area contributed by atoms with Gasteiger partial charge in [-0.3, -0.25) is 14.3 Å². The molecule has 0 bridgehead atoms. The van der Waals surface area contributed by atoms with Crippen molar-refractivity contribution in [1.82, 2.24) is 29.8 Å². The van der Waals surface area contributed by atoms with Crippen molar-refractivity contribution in [2.24, 2.45) is 0 Å². The third-order valence-electron chi connectivity index (χ3n) is 6.05. The summed E-state index contributed by atoms with van der Waals surface area (Å²) in [5, 5.41) is 27.0. The Balaban J connectivity index is 1.59. The molecule has 4 atom stereocenters. The lowest BCUT2D eigenvalue weighted by atomic mass is 10.1. The third-order valence-corrected chi connectivity index (χ3v) is 6.26. The summed E-state index contributed by atoms with van der Waals surface area (Å²) in [7, 11) is 1.40. The molecule has 13 heteroatoms. The van der Waals surface area contributed by atoms with E-state index in [2.05, 4.69) is 30.6 Å². The molecule has 0 saturated carbocycles. The number of carbonyl (C=O) groups excluding carboxylic acids is 1. The molecule has 0 unspecified atom stereocenters. The van der Waals surface area contributed by atoms with E-state index in [9.17, 15) is 19.4 Å². The summed E-state index contributed by atoms with van der Waals surface area (Å²) in [4.78, 5) is 29.8. The minimum atomic E-state index is -1.47. The number of carbonyl (C=O) groups is 1. The molecular weight excluding hydrogens is 505 g/mol. The number of ether oxygens (including phenoxy) is 1. The van der Waals surface area contributed by atoms with Crippen LogP contribution in [-0.4, -0.2) is 66.0 Å². The zero-order chi connectivity index (χ0) is 26.3. The number of anilines is 1. The van der Waals surface area contributed by atoms with E-state index in [0.29, 0.717) is 21.7 Å². The van der Waals surface area contributed by atoms with Crippen LogP contribution in [-0.2, 0) is 16.1 Å². The van der Waals surface area contributed by atoms with Crippen LogP contribution in [0.3, 0.4) is 0 Å². The normalized spacial score (nSPS) is 21.4. The largest absolute Gasteiger partial charge is 0.387 e. The number of imidazole rings is 1. The number of likely N-dealkylation sites (N-methyl/N-ethyl adjacent to an activating group) is 1. The molecule has 3 aromatic heterocycles. The maximum Gasteiger partial charge on any atom is 0.251 e. The van der Waals surface area contributed by atoms with E-state index < -0.39 is 30.4 Å². The fraction of sp³-hybridized carbons (Fsp3) is 0.292. The van der Waals surface area contributed by atoms with Crippen LogP contribution in [0.25, 0.3) is 22.6 Å². The molecule has 4 aromatic rings. The number of hydrogen-bond donors (Lipinski definition) is 4. The first-order chi connectivity index (χ1) is 17.8. The van der Waals surface area contributed by atoms with Crippen LogP contribution in [0.15, 0.2) is 43.0 Å². The minimum Gasteiger partial charge on any atom is -0.387 e. The Morgan fingerprint density at radius 1 is 1.22 bits per heavy atom. The van der Waals surface area contributed by atoms with E-state index in [1.807, 2.05) is 6.92 Å². The van der Waals surface area contributed by atoms with Crippen molar-refractivity contribution < 1.29 is 24.1 Å². The summed E-state index contributed by atoms with van der Waals surface area (Å²) in [5.41, 5.74) is 2.38. The number of pyridine rings is 1. The van der Waals surface area contributed by atoms with Gasteiger partial charge in [0, 0.05) is 37.1 Å². The van der Waals surface area contributed by atoms with E-state index >= 15 is 0 Å². The van der Waals surface area contributed by atoms with Crippen molar-refractivity contribution >= 4 is 34.5 Å². The van der Waals surface area contributed by atoms with Gasteiger partial charge in [-0.1, -0.05) is 29.3 Å². The fourth-order valence-electron chi connectivity index (χ4n) is 4.16. The number of halogens is 2. The molecule has 4 heterocycles. The number of nitrogens with one attached hydrogen (secondary N) is 2. The molecular formula is C24H23ClFN7O4. The predicted octanol–water partition coefficient (Wildman–Crippen LogP) is 1.97. The zero-order valence-corrected chi connectivity index (χ0v) is 20.5. The Labute approximate surface area is 215 Å². The fourth-order valence-corrected chi connectivity index (χ4v) is 4.33. The maximum absolute atomic E-state index is 14.4. The van der Waals surface area contributed by atoms with Crippen molar-refractivity contribution in [3.63, 3.8) is 0 Å². The molecule has 1 saturated heterocycles. The lowest BCUT2D eigenvalue weighted by Gasteiger charge is -2.17. The molecule has 1 fully saturated rings. The van der Waals surface area contributed by atoms with Crippen LogP contribution in [0.4, 0.5) is 10.2 Å². The third kappa shape index (κ3) is 4.71. The zero-order valence-electron chi connectivity index (χ0n) is 19.8. The average molecular weight is 528 g/mol. The van der Waals surface area contributed by atoms with Gasteiger partial charge in [-0.15, -0.1) is 0 Å². The molecule has 192 valence electrons. The SMILES string of the molecule is CNC(=O)[C@H]1O[C@@H](n2cnc3c(NCc4cc(C)ccc4F)nc(-c4cncc(Cl)c4)nc32)[C@H](O)[C@@H]1O. The van der Waals surface area contributed by atoms with Gasteiger partial charge < -0.3 is 25.6 Å². The molecule has 1 aromatic carbocycles. The highest BCUT2D eigenvalue weighted by Gasteiger charge is 2.47. The molecule has 4 N–H and O–H groups in total. The molecule has 37 heavy (non-hydrogen) atoms.